The highest BCUT2D eigenvalue weighted by molar-refractivity contribution is 5.49. The van der Waals surface area contributed by atoms with E-state index in [4.69, 9.17) is 0 Å². The van der Waals surface area contributed by atoms with Crippen LogP contribution in [0.25, 0.3) is 5.78 Å². The maximum absolute atomic E-state index is 4.44. The van der Waals surface area contributed by atoms with Crippen LogP contribution in [0.15, 0.2) is 42.7 Å². The van der Waals surface area contributed by atoms with Gasteiger partial charge in [0.25, 0.3) is 5.78 Å². The largest absolute Gasteiger partial charge is 0.353 e. The molecule has 3 heterocycles. The van der Waals surface area contributed by atoms with E-state index in [0.717, 1.165) is 24.5 Å². The van der Waals surface area contributed by atoms with E-state index in [2.05, 4.69) is 56.4 Å². The molecule has 0 spiro atoms. The van der Waals surface area contributed by atoms with Gasteiger partial charge in [-0.15, -0.1) is 0 Å². The number of benzene rings is 1. The lowest BCUT2D eigenvalue weighted by Crippen LogP contribution is -2.32. The second kappa shape index (κ2) is 5.40. The van der Waals surface area contributed by atoms with E-state index >= 15 is 0 Å². The Labute approximate surface area is 129 Å². The molecule has 1 atom stereocenters. The Morgan fingerprint density at radius 1 is 1.23 bits per heavy atom. The molecule has 3 aromatic rings. The molecule has 1 aliphatic heterocycles. The molecule has 1 aromatic carbocycles. The third-order valence-corrected chi connectivity index (χ3v) is 4.35. The summed E-state index contributed by atoms with van der Waals surface area (Å²) in [7, 11) is 0. The molecule has 4 rings (SSSR count). The van der Waals surface area contributed by atoms with Crippen LogP contribution in [0.1, 0.15) is 24.1 Å². The maximum Gasteiger partial charge on any atom is 0.254 e. The molecular weight excluding hydrogens is 274 g/mol. The summed E-state index contributed by atoms with van der Waals surface area (Å²) in [6.07, 6.45) is 5.08. The van der Waals surface area contributed by atoms with Crippen LogP contribution >= 0.6 is 0 Å². The number of fused-ring (bicyclic) bond motifs is 1. The summed E-state index contributed by atoms with van der Waals surface area (Å²) in [5.74, 6) is 1.79. The molecule has 0 aliphatic carbocycles. The van der Waals surface area contributed by atoms with Gasteiger partial charge in [-0.3, -0.25) is 0 Å². The van der Waals surface area contributed by atoms with Gasteiger partial charge in [0.05, 0.1) is 0 Å². The Balaban J connectivity index is 1.69. The lowest BCUT2D eigenvalue weighted by atomic mass is 10.0. The van der Waals surface area contributed by atoms with Crippen molar-refractivity contribution < 1.29 is 0 Å². The molecule has 5 nitrogen and oxygen atoms in total. The van der Waals surface area contributed by atoms with Crippen molar-refractivity contribution in [2.24, 2.45) is 0 Å². The smallest absolute Gasteiger partial charge is 0.254 e. The van der Waals surface area contributed by atoms with Crippen molar-refractivity contribution >= 4 is 11.6 Å². The summed E-state index contributed by atoms with van der Waals surface area (Å²) >= 11 is 0. The Morgan fingerprint density at radius 2 is 2.09 bits per heavy atom. The predicted molar refractivity (Wildman–Crippen MR) is 86.0 cm³/mol. The Kier molecular flexibility index (Phi) is 3.25. The molecular formula is C17H19N5. The lowest BCUT2D eigenvalue weighted by Gasteiger charge is -2.27. The minimum Gasteiger partial charge on any atom is -0.353 e. The highest BCUT2D eigenvalue weighted by Gasteiger charge is 2.27. The highest BCUT2D eigenvalue weighted by atomic mass is 15.4. The van der Waals surface area contributed by atoms with Gasteiger partial charge in [-0.1, -0.05) is 30.3 Å². The summed E-state index contributed by atoms with van der Waals surface area (Å²) in [5.41, 5.74) is 2.38. The van der Waals surface area contributed by atoms with Crippen molar-refractivity contribution in [3.8, 4) is 0 Å². The first kappa shape index (κ1) is 13.2. The Morgan fingerprint density at radius 3 is 2.95 bits per heavy atom. The maximum atomic E-state index is 4.44. The topological polar surface area (TPSA) is 46.3 Å². The van der Waals surface area contributed by atoms with Crippen LogP contribution in [0.2, 0.25) is 0 Å². The van der Waals surface area contributed by atoms with Crippen LogP contribution in [0, 0.1) is 6.92 Å². The number of hydrogen-bond donors (Lipinski definition) is 0. The number of aryl methyl sites for hydroxylation is 1. The number of rotatable bonds is 3. The quantitative estimate of drug-likeness (QED) is 0.745. The van der Waals surface area contributed by atoms with Crippen LogP contribution in [-0.2, 0) is 6.42 Å². The van der Waals surface area contributed by atoms with Gasteiger partial charge in [-0.2, -0.15) is 14.6 Å². The van der Waals surface area contributed by atoms with Gasteiger partial charge in [-0.05, 0) is 31.7 Å². The molecule has 1 aliphatic rings. The van der Waals surface area contributed by atoms with Gasteiger partial charge < -0.3 is 4.90 Å². The fourth-order valence-corrected chi connectivity index (χ4v) is 3.35. The van der Waals surface area contributed by atoms with E-state index in [9.17, 15) is 0 Å². The number of hydrogen-bond acceptors (Lipinski definition) is 4. The van der Waals surface area contributed by atoms with Gasteiger partial charge in [0.1, 0.15) is 12.1 Å². The normalized spacial score (nSPS) is 18.2. The summed E-state index contributed by atoms with van der Waals surface area (Å²) < 4.78 is 1.86. The van der Waals surface area contributed by atoms with Crippen molar-refractivity contribution in [3.05, 3.63) is 54.0 Å². The van der Waals surface area contributed by atoms with Crippen LogP contribution in [-0.4, -0.2) is 32.2 Å². The molecule has 5 heteroatoms. The van der Waals surface area contributed by atoms with Gasteiger partial charge in [0.2, 0.25) is 0 Å². The van der Waals surface area contributed by atoms with Crippen LogP contribution in [0.3, 0.4) is 0 Å². The average molecular weight is 293 g/mol. The third kappa shape index (κ3) is 2.32. The SMILES string of the molecule is Cc1cc(N2CCCC2Cc2ccccc2)n2ncnc2n1. The van der Waals surface area contributed by atoms with Crippen molar-refractivity contribution in [1.82, 2.24) is 19.6 Å². The zero-order valence-corrected chi connectivity index (χ0v) is 12.7. The first-order chi connectivity index (χ1) is 10.8. The van der Waals surface area contributed by atoms with Crippen molar-refractivity contribution in [3.63, 3.8) is 0 Å². The summed E-state index contributed by atoms with van der Waals surface area (Å²) in [6, 6.07) is 13.3. The van der Waals surface area contributed by atoms with E-state index in [1.807, 2.05) is 11.4 Å². The van der Waals surface area contributed by atoms with E-state index in [1.54, 1.807) is 6.33 Å². The van der Waals surface area contributed by atoms with Crippen molar-refractivity contribution in [2.75, 3.05) is 11.4 Å². The van der Waals surface area contributed by atoms with Gasteiger partial charge >= 0.3 is 0 Å². The zero-order valence-electron chi connectivity index (χ0n) is 12.7. The molecule has 0 amide bonds. The lowest BCUT2D eigenvalue weighted by molar-refractivity contribution is 0.649. The predicted octanol–water partition coefficient (Wildman–Crippen LogP) is 2.64. The summed E-state index contributed by atoms with van der Waals surface area (Å²) in [4.78, 5) is 11.1. The first-order valence-electron chi connectivity index (χ1n) is 7.79. The molecule has 1 unspecified atom stereocenters. The van der Waals surface area contributed by atoms with E-state index in [1.165, 1.54) is 18.4 Å². The minimum atomic E-state index is 0.511. The summed E-state index contributed by atoms with van der Waals surface area (Å²) in [6.45, 7) is 3.08. The first-order valence-corrected chi connectivity index (χ1v) is 7.79. The monoisotopic (exact) mass is 293 g/mol. The second-order valence-electron chi connectivity index (χ2n) is 5.91. The molecule has 1 fully saturated rings. The van der Waals surface area contributed by atoms with E-state index < -0.39 is 0 Å². The molecule has 2 aromatic heterocycles. The molecule has 22 heavy (non-hydrogen) atoms. The summed E-state index contributed by atoms with van der Waals surface area (Å²) in [5, 5.41) is 4.35. The Bertz CT molecular complexity index is 780. The molecule has 112 valence electrons. The van der Waals surface area contributed by atoms with Crippen LogP contribution in [0.4, 0.5) is 5.82 Å². The zero-order chi connectivity index (χ0) is 14.9. The highest BCUT2D eigenvalue weighted by Crippen LogP contribution is 2.28. The minimum absolute atomic E-state index is 0.511. The van der Waals surface area contributed by atoms with Crippen LogP contribution < -0.4 is 4.90 Å². The standard InChI is InChI=1S/C17H19N5/c1-13-10-16(22-17(20-13)18-12-19-22)21-9-5-8-15(21)11-14-6-3-2-4-7-14/h2-4,6-7,10,12,15H,5,8-9,11H2,1H3. The fraction of sp³-hybridized carbons (Fsp3) is 0.353. The van der Waals surface area contributed by atoms with E-state index in [-0.39, 0.29) is 0 Å². The number of anilines is 1. The molecule has 0 radical (unpaired) electrons. The third-order valence-electron chi connectivity index (χ3n) is 4.35. The molecule has 0 bridgehead atoms. The average Bonchev–Trinajstić information content (AvgIpc) is 3.16. The van der Waals surface area contributed by atoms with Crippen molar-refractivity contribution in [2.45, 2.75) is 32.2 Å². The van der Waals surface area contributed by atoms with E-state index in [0.29, 0.717) is 11.8 Å². The molecule has 1 saturated heterocycles. The van der Waals surface area contributed by atoms with Gasteiger partial charge in [-0.25, -0.2) is 4.98 Å². The molecule has 0 N–H and O–H groups in total. The second-order valence-corrected chi connectivity index (χ2v) is 5.91. The molecule has 0 saturated carbocycles. The fourth-order valence-electron chi connectivity index (χ4n) is 3.35. The van der Waals surface area contributed by atoms with Gasteiger partial charge in [0, 0.05) is 24.3 Å². The Hall–Kier alpha value is -2.43. The van der Waals surface area contributed by atoms with Gasteiger partial charge in [0.15, 0.2) is 0 Å². The number of nitrogens with zero attached hydrogens (tertiary/aromatic N) is 5. The van der Waals surface area contributed by atoms with Crippen LogP contribution in [0.5, 0.6) is 0 Å². The number of aromatic nitrogens is 4. The van der Waals surface area contributed by atoms with Crippen molar-refractivity contribution in [1.29, 1.82) is 0 Å².